The van der Waals surface area contributed by atoms with Crippen LogP contribution in [0.5, 0.6) is 5.75 Å². The van der Waals surface area contributed by atoms with E-state index in [-0.39, 0.29) is 24.8 Å². The molecule has 0 atom stereocenters. The fourth-order valence-electron chi connectivity index (χ4n) is 3.50. The molecule has 28 heavy (non-hydrogen) atoms. The van der Waals surface area contributed by atoms with Crippen molar-refractivity contribution in [3.63, 3.8) is 0 Å². The van der Waals surface area contributed by atoms with Gasteiger partial charge in [-0.05, 0) is 36.2 Å². The average Bonchev–Trinajstić information content (AvgIpc) is 3.10. The lowest BCUT2D eigenvalue weighted by Crippen LogP contribution is -2.39. The molecule has 1 aliphatic rings. The minimum atomic E-state index is -0.104. The summed E-state index contributed by atoms with van der Waals surface area (Å²) >= 11 is 0. The molecule has 2 aromatic carbocycles. The fourth-order valence-corrected chi connectivity index (χ4v) is 3.50. The van der Waals surface area contributed by atoms with Crippen LogP contribution < -0.4 is 15.0 Å². The zero-order valence-corrected chi connectivity index (χ0v) is 15.8. The van der Waals surface area contributed by atoms with Crippen molar-refractivity contribution in [2.75, 3.05) is 23.4 Å². The number of fused-ring (bicyclic) bond motifs is 2. The van der Waals surface area contributed by atoms with E-state index in [4.69, 9.17) is 4.74 Å². The fraction of sp³-hybridized carbons (Fsp3) is 0.273. The van der Waals surface area contributed by atoms with Crippen LogP contribution in [0.25, 0.3) is 10.9 Å². The maximum absolute atomic E-state index is 12.6. The van der Waals surface area contributed by atoms with Gasteiger partial charge in [-0.15, -0.1) is 0 Å². The zero-order chi connectivity index (χ0) is 19.5. The van der Waals surface area contributed by atoms with Gasteiger partial charge in [0.25, 0.3) is 5.91 Å². The van der Waals surface area contributed by atoms with Gasteiger partial charge in [0.15, 0.2) is 6.61 Å². The number of amides is 2. The molecule has 3 aromatic rings. The topological polar surface area (TPSA) is 74.4 Å². The Bertz CT molecular complexity index is 1020. The van der Waals surface area contributed by atoms with Crippen LogP contribution in [-0.4, -0.2) is 29.9 Å². The van der Waals surface area contributed by atoms with Crippen LogP contribution >= 0.6 is 0 Å². The van der Waals surface area contributed by atoms with Gasteiger partial charge in [0.2, 0.25) is 5.91 Å². The Kier molecular flexibility index (Phi) is 5.02. The minimum Gasteiger partial charge on any atom is -0.482 e. The van der Waals surface area contributed by atoms with E-state index < -0.39 is 0 Å². The van der Waals surface area contributed by atoms with E-state index in [1.165, 1.54) is 0 Å². The Labute approximate surface area is 163 Å². The molecule has 0 saturated carbocycles. The first-order valence-corrected chi connectivity index (χ1v) is 9.57. The summed E-state index contributed by atoms with van der Waals surface area (Å²) in [7, 11) is 0. The molecule has 2 amide bonds. The highest BCUT2D eigenvalue weighted by Gasteiger charge is 2.25. The zero-order valence-electron chi connectivity index (χ0n) is 15.8. The van der Waals surface area contributed by atoms with Gasteiger partial charge in [-0.1, -0.05) is 31.5 Å². The molecular weight excluding hydrogens is 354 g/mol. The van der Waals surface area contributed by atoms with Crippen molar-refractivity contribution in [1.29, 1.82) is 0 Å². The van der Waals surface area contributed by atoms with Crippen molar-refractivity contribution in [2.24, 2.45) is 0 Å². The van der Waals surface area contributed by atoms with Gasteiger partial charge < -0.3 is 19.9 Å². The number of hydrogen-bond acceptors (Lipinski definition) is 3. The van der Waals surface area contributed by atoms with E-state index in [1.54, 1.807) is 11.0 Å². The second-order valence-electron chi connectivity index (χ2n) is 6.95. The SMILES string of the molecule is CCCCN1C(=O)COc2ccc(NC(=O)Cc3c[nH]c4ccccc34)cc21. The Hall–Kier alpha value is -3.28. The minimum absolute atomic E-state index is 0.0526. The third-order valence-electron chi connectivity index (χ3n) is 4.95. The molecule has 6 heteroatoms. The van der Waals surface area contributed by atoms with Crippen LogP contribution in [0.15, 0.2) is 48.7 Å². The van der Waals surface area contributed by atoms with Crippen LogP contribution in [0.3, 0.4) is 0 Å². The number of benzene rings is 2. The maximum atomic E-state index is 12.6. The van der Waals surface area contributed by atoms with Gasteiger partial charge in [0.1, 0.15) is 5.75 Å². The molecule has 0 bridgehead atoms. The molecule has 0 unspecified atom stereocenters. The lowest BCUT2D eigenvalue weighted by Gasteiger charge is -2.29. The smallest absolute Gasteiger partial charge is 0.265 e. The van der Waals surface area contributed by atoms with Crippen LogP contribution in [-0.2, 0) is 16.0 Å². The number of aromatic amines is 1. The molecular formula is C22H23N3O3. The Morgan fingerprint density at radius 2 is 2.11 bits per heavy atom. The number of nitrogens with zero attached hydrogens (tertiary/aromatic N) is 1. The molecule has 1 aliphatic heterocycles. The quantitative estimate of drug-likeness (QED) is 0.685. The van der Waals surface area contributed by atoms with E-state index in [2.05, 4.69) is 17.2 Å². The number of anilines is 2. The lowest BCUT2D eigenvalue weighted by atomic mass is 10.1. The first-order chi connectivity index (χ1) is 13.7. The number of carbonyl (C=O) groups is 2. The van der Waals surface area contributed by atoms with Gasteiger partial charge in [0, 0.05) is 29.3 Å². The number of carbonyl (C=O) groups excluding carboxylic acids is 2. The van der Waals surface area contributed by atoms with E-state index in [0.717, 1.165) is 35.0 Å². The van der Waals surface area contributed by atoms with E-state index in [1.807, 2.05) is 42.6 Å². The summed E-state index contributed by atoms with van der Waals surface area (Å²) in [5.74, 6) is 0.515. The second-order valence-corrected chi connectivity index (χ2v) is 6.95. The van der Waals surface area contributed by atoms with Crippen molar-refractivity contribution in [3.05, 3.63) is 54.2 Å². The number of ether oxygens (including phenoxy) is 1. The lowest BCUT2D eigenvalue weighted by molar-refractivity contribution is -0.121. The Morgan fingerprint density at radius 1 is 1.25 bits per heavy atom. The van der Waals surface area contributed by atoms with E-state index >= 15 is 0 Å². The molecule has 4 rings (SSSR count). The third kappa shape index (κ3) is 3.58. The average molecular weight is 377 g/mol. The maximum Gasteiger partial charge on any atom is 0.265 e. The molecule has 6 nitrogen and oxygen atoms in total. The summed E-state index contributed by atoms with van der Waals surface area (Å²) in [4.78, 5) is 29.8. The standard InChI is InChI=1S/C22H23N3O3/c1-2-3-10-25-19-12-16(8-9-20(19)28-14-22(25)27)24-21(26)11-15-13-23-18-7-5-4-6-17(15)18/h4-9,12-13,23H,2-3,10-11,14H2,1H3,(H,24,26). The number of para-hydroxylation sites is 1. The van der Waals surface area contributed by atoms with Gasteiger partial charge in [0.05, 0.1) is 12.1 Å². The normalized spacial score (nSPS) is 13.3. The van der Waals surface area contributed by atoms with Crippen LogP contribution in [0.1, 0.15) is 25.3 Å². The van der Waals surface area contributed by atoms with Crippen molar-refractivity contribution in [3.8, 4) is 5.75 Å². The van der Waals surface area contributed by atoms with E-state index in [9.17, 15) is 9.59 Å². The second kappa shape index (κ2) is 7.76. The van der Waals surface area contributed by atoms with Gasteiger partial charge >= 0.3 is 0 Å². The summed E-state index contributed by atoms with van der Waals surface area (Å²) < 4.78 is 5.53. The van der Waals surface area contributed by atoms with Crippen molar-refractivity contribution in [2.45, 2.75) is 26.2 Å². The summed E-state index contributed by atoms with van der Waals surface area (Å²) in [6, 6.07) is 13.3. The van der Waals surface area contributed by atoms with E-state index in [0.29, 0.717) is 18.0 Å². The molecule has 2 heterocycles. The van der Waals surface area contributed by atoms with Gasteiger partial charge in [-0.25, -0.2) is 0 Å². The molecule has 144 valence electrons. The van der Waals surface area contributed by atoms with Crippen LogP contribution in [0.4, 0.5) is 11.4 Å². The molecule has 0 fully saturated rings. The number of hydrogen-bond donors (Lipinski definition) is 2. The molecule has 0 saturated heterocycles. The first-order valence-electron chi connectivity index (χ1n) is 9.57. The molecule has 0 aliphatic carbocycles. The number of H-pyrrole nitrogens is 1. The summed E-state index contributed by atoms with van der Waals surface area (Å²) in [5, 5.41) is 3.99. The number of nitrogens with one attached hydrogen (secondary N) is 2. The van der Waals surface area contributed by atoms with Crippen LogP contribution in [0, 0.1) is 0 Å². The first kappa shape index (κ1) is 18.1. The predicted octanol–water partition coefficient (Wildman–Crippen LogP) is 3.87. The van der Waals surface area contributed by atoms with Gasteiger partial charge in [-0.2, -0.15) is 0 Å². The largest absolute Gasteiger partial charge is 0.482 e. The van der Waals surface area contributed by atoms with Gasteiger partial charge in [-0.3, -0.25) is 9.59 Å². The van der Waals surface area contributed by atoms with Crippen molar-refractivity contribution in [1.82, 2.24) is 4.98 Å². The summed E-state index contributed by atoms with van der Waals surface area (Å²) in [6.07, 6.45) is 4.07. The number of aromatic nitrogens is 1. The van der Waals surface area contributed by atoms with Crippen LogP contribution in [0.2, 0.25) is 0 Å². The summed E-state index contributed by atoms with van der Waals surface area (Å²) in [6.45, 7) is 2.80. The number of rotatable bonds is 6. The Balaban J connectivity index is 1.51. The summed E-state index contributed by atoms with van der Waals surface area (Å²) in [5.41, 5.74) is 3.34. The monoisotopic (exact) mass is 377 g/mol. The molecule has 2 N–H and O–H groups in total. The molecule has 1 aromatic heterocycles. The predicted molar refractivity (Wildman–Crippen MR) is 110 cm³/mol. The highest BCUT2D eigenvalue weighted by atomic mass is 16.5. The number of unbranched alkanes of at least 4 members (excludes halogenated alkanes) is 1. The third-order valence-corrected chi connectivity index (χ3v) is 4.95. The highest BCUT2D eigenvalue weighted by Crippen LogP contribution is 2.34. The highest BCUT2D eigenvalue weighted by molar-refractivity contribution is 6.00. The Morgan fingerprint density at radius 3 is 2.96 bits per heavy atom. The van der Waals surface area contributed by atoms with Crippen molar-refractivity contribution < 1.29 is 14.3 Å². The molecule has 0 radical (unpaired) electrons. The molecule has 0 spiro atoms. The van der Waals surface area contributed by atoms with Crippen molar-refractivity contribution >= 4 is 34.1 Å².